The molecule has 5 nitrogen and oxygen atoms in total. The number of hydrogen-bond acceptors (Lipinski definition) is 3. The van der Waals surface area contributed by atoms with E-state index in [-0.39, 0.29) is 11.3 Å². The van der Waals surface area contributed by atoms with Crippen LogP contribution in [0.2, 0.25) is 0 Å². The molecule has 2 N–H and O–H groups in total. The zero-order chi connectivity index (χ0) is 13.0. The molecule has 18 heavy (non-hydrogen) atoms. The van der Waals surface area contributed by atoms with Gasteiger partial charge in [0.15, 0.2) is 0 Å². The molecule has 1 saturated heterocycles. The van der Waals surface area contributed by atoms with Gasteiger partial charge >= 0.3 is 0 Å². The topological polar surface area (TPSA) is 59.0 Å². The molecule has 0 spiro atoms. The van der Waals surface area contributed by atoms with Gasteiger partial charge in [-0.05, 0) is 25.8 Å². The third-order valence-corrected chi connectivity index (χ3v) is 3.75. The van der Waals surface area contributed by atoms with E-state index in [0.717, 1.165) is 44.6 Å². The number of amides is 1. The van der Waals surface area contributed by atoms with Crippen LogP contribution in [0.1, 0.15) is 32.6 Å². The second-order valence-corrected chi connectivity index (χ2v) is 5.10. The van der Waals surface area contributed by atoms with E-state index in [1.54, 1.807) is 10.9 Å². The normalized spacial score (nSPS) is 23.9. The summed E-state index contributed by atoms with van der Waals surface area (Å²) in [6, 6.07) is 1.83. The number of nitrogens with one attached hydrogen (secondary N) is 2. The smallest absolute Gasteiger partial charge is 0.233 e. The van der Waals surface area contributed by atoms with Crippen molar-refractivity contribution >= 4 is 11.7 Å². The molecule has 1 amide bonds. The van der Waals surface area contributed by atoms with E-state index < -0.39 is 0 Å². The highest BCUT2D eigenvalue weighted by atomic mass is 16.2. The molecule has 1 aliphatic heterocycles. The Hall–Kier alpha value is -1.36. The first-order valence-corrected chi connectivity index (χ1v) is 6.68. The first-order chi connectivity index (χ1) is 8.68. The molecule has 2 heterocycles. The molecule has 1 aromatic rings. The van der Waals surface area contributed by atoms with E-state index in [4.69, 9.17) is 0 Å². The van der Waals surface area contributed by atoms with Crippen LogP contribution in [0.5, 0.6) is 0 Å². The van der Waals surface area contributed by atoms with Crippen LogP contribution in [-0.2, 0) is 11.8 Å². The molecule has 0 bridgehead atoms. The molecule has 1 unspecified atom stereocenters. The molecule has 0 saturated carbocycles. The average Bonchev–Trinajstić information content (AvgIpc) is 2.76. The predicted octanol–water partition coefficient (Wildman–Crippen LogP) is 1.53. The van der Waals surface area contributed by atoms with Gasteiger partial charge in [-0.3, -0.25) is 9.48 Å². The van der Waals surface area contributed by atoms with Gasteiger partial charge in [0.2, 0.25) is 5.91 Å². The number of rotatable bonds is 4. The van der Waals surface area contributed by atoms with Crippen LogP contribution in [0, 0.1) is 5.41 Å². The Bertz CT molecular complexity index is 401. The van der Waals surface area contributed by atoms with Crippen molar-refractivity contribution in [3.63, 3.8) is 0 Å². The van der Waals surface area contributed by atoms with E-state index in [2.05, 4.69) is 22.7 Å². The Kier molecular flexibility index (Phi) is 4.01. The third-order valence-electron chi connectivity index (χ3n) is 3.75. The third kappa shape index (κ3) is 2.56. The highest BCUT2D eigenvalue weighted by Gasteiger charge is 2.38. The second kappa shape index (κ2) is 5.52. The molecule has 1 atom stereocenters. The van der Waals surface area contributed by atoms with Gasteiger partial charge in [-0.2, -0.15) is 5.10 Å². The molecule has 0 radical (unpaired) electrons. The van der Waals surface area contributed by atoms with Crippen LogP contribution in [0.15, 0.2) is 12.3 Å². The van der Waals surface area contributed by atoms with Gasteiger partial charge in [-0.25, -0.2) is 0 Å². The maximum absolute atomic E-state index is 12.5. The number of aryl methyl sites for hydroxylation is 1. The van der Waals surface area contributed by atoms with Crippen molar-refractivity contribution in [2.24, 2.45) is 12.5 Å². The lowest BCUT2D eigenvalue weighted by molar-refractivity contribution is -0.127. The molecule has 2 rings (SSSR count). The van der Waals surface area contributed by atoms with Crippen molar-refractivity contribution in [3.8, 4) is 0 Å². The van der Waals surface area contributed by atoms with E-state index >= 15 is 0 Å². The van der Waals surface area contributed by atoms with Gasteiger partial charge in [0, 0.05) is 19.7 Å². The fraction of sp³-hybridized carbons (Fsp3) is 0.692. The fourth-order valence-corrected chi connectivity index (χ4v) is 2.71. The summed E-state index contributed by atoms with van der Waals surface area (Å²) in [5.41, 5.74) is -0.253. The molecule has 1 aliphatic rings. The summed E-state index contributed by atoms with van der Waals surface area (Å²) >= 11 is 0. The quantitative estimate of drug-likeness (QED) is 0.852. The molecule has 1 aromatic heterocycles. The van der Waals surface area contributed by atoms with Crippen LogP contribution < -0.4 is 10.6 Å². The van der Waals surface area contributed by atoms with Gasteiger partial charge in [0.05, 0.1) is 11.6 Å². The first kappa shape index (κ1) is 13.1. The van der Waals surface area contributed by atoms with Crippen molar-refractivity contribution in [1.82, 2.24) is 15.1 Å². The van der Waals surface area contributed by atoms with Gasteiger partial charge in [-0.15, -0.1) is 0 Å². The highest BCUT2D eigenvalue weighted by molar-refractivity contribution is 5.94. The summed E-state index contributed by atoms with van der Waals surface area (Å²) in [7, 11) is 1.83. The lowest BCUT2D eigenvalue weighted by Crippen LogP contribution is -2.48. The van der Waals surface area contributed by atoms with Crippen molar-refractivity contribution in [1.29, 1.82) is 0 Å². The monoisotopic (exact) mass is 250 g/mol. The summed E-state index contributed by atoms with van der Waals surface area (Å²) in [5, 5.41) is 10.4. The van der Waals surface area contributed by atoms with Crippen molar-refractivity contribution in [2.75, 3.05) is 18.4 Å². The SMILES string of the molecule is CCCC1(C(=O)Nc2ccnn2C)CCCNC1. The Labute approximate surface area is 108 Å². The zero-order valence-electron chi connectivity index (χ0n) is 11.2. The summed E-state index contributed by atoms with van der Waals surface area (Å²) in [5.74, 6) is 0.890. The summed E-state index contributed by atoms with van der Waals surface area (Å²) in [6.07, 6.45) is 5.70. The lowest BCUT2D eigenvalue weighted by Gasteiger charge is -2.36. The summed E-state index contributed by atoms with van der Waals surface area (Å²) < 4.78 is 1.69. The number of anilines is 1. The van der Waals surface area contributed by atoms with Crippen molar-refractivity contribution in [3.05, 3.63) is 12.3 Å². The minimum Gasteiger partial charge on any atom is -0.316 e. The van der Waals surface area contributed by atoms with Crippen LogP contribution in [0.3, 0.4) is 0 Å². The van der Waals surface area contributed by atoms with E-state index in [1.807, 2.05) is 13.1 Å². The number of carbonyl (C=O) groups is 1. The van der Waals surface area contributed by atoms with Crippen LogP contribution in [0.4, 0.5) is 5.82 Å². The number of piperidine rings is 1. The Balaban J connectivity index is 2.11. The van der Waals surface area contributed by atoms with Crippen LogP contribution in [-0.4, -0.2) is 28.8 Å². The Morgan fingerprint density at radius 1 is 1.67 bits per heavy atom. The summed E-state index contributed by atoms with van der Waals surface area (Å²) in [4.78, 5) is 12.5. The summed E-state index contributed by atoms with van der Waals surface area (Å²) in [6.45, 7) is 3.93. The van der Waals surface area contributed by atoms with Gasteiger partial charge < -0.3 is 10.6 Å². The predicted molar refractivity (Wildman–Crippen MR) is 71.3 cm³/mol. The van der Waals surface area contributed by atoms with Gasteiger partial charge in [-0.1, -0.05) is 13.3 Å². The first-order valence-electron chi connectivity index (χ1n) is 6.68. The van der Waals surface area contributed by atoms with Gasteiger partial charge in [0.1, 0.15) is 5.82 Å². The molecular weight excluding hydrogens is 228 g/mol. The Morgan fingerprint density at radius 2 is 2.50 bits per heavy atom. The lowest BCUT2D eigenvalue weighted by atomic mass is 9.76. The second-order valence-electron chi connectivity index (χ2n) is 5.10. The largest absolute Gasteiger partial charge is 0.316 e. The zero-order valence-corrected chi connectivity index (χ0v) is 11.2. The average molecular weight is 250 g/mol. The standard InChI is InChI=1S/C13H22N4O/c1-3-6-13(7-4-8-14-10-13)12(18)16-11-5-9-15-17(11)2/h5,9,14H,3-4,6-8,10H2,1-2H3,(H,16,18). The molecule has 5 heteroatoms. The highest BCUT2D eigenvalue weighted by Crippen LogP contribution is 2.32. The number of nitrogens with zero attached hydrogens (tertiary/aromatic N) is 2. The minimum absolute atomic E-state index is 0.125. The molecular formula is C13H22N4O. The number of aromatic nitrogens is 2. The molecule has 100 valence electrons. The maximum atomic E-state index is 12.5. The van der Waals surface area contributed by atoms with Crippen LogP contribution >= 0.6 is 0 Å². The molecule has 0 aromatic carbocycles. The van der Waals surface area contributed by atoms with Crippen molar-refractivity contribution in [2.45, 2.75) is 32.6 Å². The molecule has 0 aliphatic carbocycles. The maximum Gasteiger partial charge on any atom is 0.233 e. The van der Waals surface area contributed by atoms with E-state index in [9.17, 15) is 4.79 Å². The van der Waals surface area contributed by atoms with Crippen LogP contribution in [0.25, 0.3) is 0 Å². The number of hydrogen-bond donors (Lipinski definition) is 2. The van der Waals surface area contributed by atoms with Crippen molar-refractivity contribution < 1.29 is 4.79 Å². The molecule has 1 fully saturated rings. The number of carbonyl (C=O) groups excluding carboxylic acids is 1. The van der Waals surface area contributed by atoms with Gasteiger partial charge in [0.25, 0.3) is 0 Å². The van der Waals surface area contributed by atoms with E-state index in [1.165, 1.54) is 0 Å². The van der Waals surface area contributed by atoms with E-state index in [0.29, 0.717) is 0 Å². The Morgan fingerprint density at radius 3 is 3.06 bits per heavy atom. The fourth-order valence-electron chi connectivity index (χ4n) is 2.71. The minimum atomic E-state index is -0.253.